The van der Waals surface area contributed by atoms with Crippen molar-refractivity contribution in [3.8, 4) is 0 Å². The van der Waals surface area contributed by atoms with Crippen LogP contribution in [0.2, 0.25) is 0 Å². The van der Waals surface area contributed by atoms with Crippen LogP contribution in [-0.4, -0.2) is 50.8 Å². The molecule has 0 bridgehead atoms. The molecule has 0 aromatic heterocycles. The second-order valence-corrected chi connectivity index (χ2v) is 5.92. The topological polar surface area (TPSA) is 74.8 Å². The predicted molar refractivity (Wildman–Crippen MR) is 108 cm³/mol. The number of carbonyl (C=O) groups is 1. The lowest BCUT2D eigenvalue weighted by molar-refractivity contribution is -0.121. The molecule has 0 rings (SSSR count). The SMILES string of the molecule is CCOC(CCNC(=NC)NCCC(=O)NC(C)C)C(C)C.I. The molecule has 138 valence electrons. The first kappa shape index (κ1) is 24.7. The zero-order chi connectivity index (χ0) is 17.0. The van der Waals surface area contributed by atoms with E-state index in [1.807, 2.05) is 20.8 Å². The Labute approximate surface area is 158 Å². The number of hydrogen-bond donors (Lipinski definition) is 3. The van der Waals surface area contributed by atoms with Crippen LogP contribution in [0.3, 0.4) is 0 Å². The van der Waals surface area contributed by atoms with Crippen LogP contribution in [0.4, 0.5) is 0 Å². The number of hydrogen-bond acceptors (Lipinski definition) is 3. The van der Waals surface area contributed by atoms with E-state index in [1.54, 1.807) is 7.05 Å². The van der Waals surface area contributed by atoms with E-state index in [9.17, 15) is 4.79 Å². The van der Waals surface area contributed by atoms with Gasteiger partial charge in [-0.2, -0.15) is 0 Å². The van der Waals surface area contributed by atoms with E-state index in [0.717, 1.165) is 25.5 Å². The second-order valence-electron chi connectivity index (χ2n) is 5.92. The summed E-state index contributed by atoms with van der Waals surface area (Å²) in [6.45, 7) is 12.4. The molecule has 0 aliphatic carbocycles. The molecule has 23 heavy (non-hydrogen) atoms. The zero-order valence-corrected chi connectivity index (χ0v) is 17.8. The number of ether oxygens (including phenoxy) is 1. The number of halogens is 1. The molecule has 0 aliphatic rings. The molecule has 0 spiro atoms. The minimum atomic E-state index is 0. The average molecular weight is 442 g/mol. The molecule has 0 saturated carbocycles. The summed E-state index contributed by atoms with van der Waals surface area (Å²) >= 11 is 0. The predicted octanol–water partition coefficient (Wildman–Crippen LogP) is 2.14. The van der Waals surface area contributed by atoms with Crippen molar-refractivity contribution < 1.29 is 9.53 Å². The Kier molecular flexibility index (Phi) is 16.1. The van der Waals surface area contributed by atoms with Crippen LogP contribution < -0.4 is 16.0 Å². The molecule has 0 aromatic rings. The van der Waals surface area contributed by atoms with E-state index >= 15 is 0 Å². The van der Waals surface area contributed by atoms with Gasteiger partial charge in [0.1, 0.15) is 0 Å². The van der Waals surface area contributed by atoms with Crippen LogP contribution in [-0.2, 0) is 9.53 Å². The van der Waals surface area contributed by atoms with Gasteiger partial charge in [0.15, 0.2) is 5.96 Å². The third-order valence-electron chi connectivity index (χ3n) is 3.16. The maximum atomic E-state index is 11.5. The number of rotatable bonds is 10. The smallest absolute Gasteiger partial charge is 0.221 e. The number of amides is 1. The van der Waals surface area contributed by atoms with Gasteiger partial charge >= 0.3 is 0 Å². The summed E-state index contributed by atoms with van der Waals surface area (Å²) in [5.41, 5.74) is 0. The summed E-state index contributed by atoms with van der Waals surface area (Å²) in [5.74, 6) is 1.27. The highest BCUT2D eigenvalue weighted by Crippen LogP contribution is 2.09. The monoisotopic (exact) mass is 442 g/mol. The Balaban J connectivity index is 0. The Hall–Kier alpha value is -0.570. The Morgan fingerprint density at radius 1 is 1.13 bits per heavy atom. The van der Waals surface area contributed by atoms with E-state index in [0.29, 0.717) is 18.9 Å². The van der Waals surface area contributed by atoms with Crippen molar-refractivity contribution in [3.63, 3.8) is 0 Å². The van der Waals surface area contributed by atoms with Gasteiger partial charge in [0, 0.05) is 39.2 Å². The fraction of sp³-hybridized carbons (Fsp3) is 0.875. The summed E-state index contributed by atoms with van der Waals surface area (Å²) < 4.78 is 5.72. The summed E-state index contributed by atoms with van der Waals surface area (Å²) in [6, 6.07) is 0.177. The van der Waals surface area contributed by atoms with Crippen LogP contribution in [0.5, 0.6) is 0 Å². The van der Waals surface area contributed by atoms with Gasteiger partial charge < -0.3 is 20.7 Å². The maximum Gasteiger partial charge on any atom is 0.221 e. The Morgan fingerprint density at radius 2 is 1.74 bits per heavy atom. The largest absolute Gasteiger partial charge is 0.378 e. The molecule has 0 aliphatic heterocycles. The first-order valence-corrected chi connectivity index (χ1v) is 8.26. The number of nitrogens with zero attached hydrogens (tertiary/aromatic N) is 1. The Bertz CT molecular complexity index is 336. The van der Waals surface area contributed by atoms with Crippen molar-refractivity contribution in [2.24, 2.45) is 10.9 Å². The van der Waals surface area contributed by atoms with E-state index in [4.69, 9.17) is 4.74 Å². The minimum Gasteiger partial charge on any atom is -0.378 e. The van der Waals surface area contributed by atoms with E-state index in [-0.39, 0.29) is 42.0 Å². The minimum absolute atomic E-state index is 0. The summed E-state index contributed by atoms with van der Waals surface area (Å²) in [5, 5.41) is 9.26. The first-order chi connectivity index (χ1) is 10.4. The van der Waals surface area contributed by atoms with Crippen LogP contribution in [0.15, 0.2) is 4.99 Å². The summed E-state index contributed by atoms with van der Waals surface area (Å²) in [6.07, 6.45) is 1.62. The van der Waals surface area contributed by atoms with Gasteiger partial charge in [-0.25, -0.2) is 0 Å². The molecule has 0 radical (unpaired) electrons. The molecular weight excluding hydrogens is 407 g/mol. The molecule has 1 unspecified atom stereocenters. The third kappa shape index (κ3) is 13.6. The summed E-state index contributed by atoms with van der Waals surface area (Å²) in [4.78, 5) is 15.7. The van der Waals surface area contributed by atoms with Crippen molar-refractivity contribution in [1.29, 1.82) is 0 Å². The summed E-state index contributed by atoms with van der Waals surface area (Å²) in [7, 11) is 1.73. The lowest BCUT2D eigenvalue weighted by atomic mass is 10.0. The van der Waals surface area contributed by atoms with Crippen LogP contribution >= 0.6 is 24.0 Å². The Morgan fingerprint density at radius 3 is 2.22 bits per heavy atom. The van der Waals surface area contributed by atoms with E-state index in [2.05, 4.69) is 34.8 Å². The van der Waals surface area contributed by atoms with Crippen LogP contribution in [0, 0.1) is 5.92 Å². The number of carbonyl (C=O) groups excluding carboxylic acids is 1. The van der Waals surface area contributed by atoms with E-state index < -0.39 is 0 Å². The van der Waals surface area contributed by atoms with Gasteiger partial charge in [-0.15, -0.1) is 24.0 Å². The number of guanidine groups is 1. The quantitative estimate of drug-likeness (QED) is 0.275. The first-order valence-electron chi connectivity index (χ1n) is 8.26. The normalized spacial score (nSPS) is 12.8. The molecule has 3 N–H and O–H groups in total. The lowest BCUT2D eigenvalue weighted by Gasteiger charge is -2.21. The average Bonchev–Trinajstić information content (AvgIpc) is 2.43. The zero-order valence-electron chi connectivity index (χ0n) is 15.4. The molecule has 7 heteroatoms. The molecular formula is C16H35IN4O2. The van der Waals surface area contributed by atoms with Crippen molar-refractivity contribution in [2.75, 3.05) is 26.7 Å². The lowest BCUT2D eigenvalue weighted by Crippen LogP contribution is -2.41. The molecule has 1 amide bonds. The van der Waals surface area contributed by atoms with Gasteiger partial charge in [0.05, 0.1) is 6.10 Å². The number of nitrogens with one attached hydrogen (secondary N) is 3. The highest BCUT2D eigenvalue weighted by molar-refractivity contribution is 14.0. The van der Waals surface area contributed by atoms with Crippen molar-refractivity contribution in [2.45, 2.75) is 59.6 Å². The van der Waals surface area contributed by atoms with Gasteiger partial charge in [-0.1, -0.05) is 13.8 Å². The fourth-order valence-corrected chi connectivity index (χ4v) is 2.07. The third-order valence-corrected chi connectivity index (χ3v) is 3.16. The van der Waals surface area contributed by atoms with Gasteiger partial charge in [-0.05, 0) is 33.1 Å². The van der Waals surface area contributed by atoms with Gasteiger partial charge in [-0.3, -0.25) is 9.79 Å². The van der Waals surface area contributed by atoms with Crippen molar-refractivity contribution >= 4 is 35.8 Å². The molecule has 1 atom stereocenters. The van der Waals surface area contributed by atoms with Gasteiger partial charge in [0.2, 0.25) is 5.91 Å². The molecule has 6 nitrogen and oxygen atoms in total. The second kappa shape index (κ2) is 15.0. The standard InChI is InChI=1S/C16H34N4O2.HI/c1-7-22-14(12(2)3)8-10-18-16(17-6)19-11-9-15(21)20-13(4)5;/h12-14H,7-11H2,1-6H3,(H,20,21)(H2,17,18,19);1H. The highest BCUT2D eigenvalue weighted by Gasteiger charge is 2.13. The highest BCUT2D eigenvalue weighted by atomic mass is 127. The molecule has 0 heterocycles. The molecule has 0 fully saturated rings. The van der Waals surface area contributed by atoms with Crippen LogP contribution in [0.25, 0.3) is 0 Å². The molecule has 0 aromatic carbocycles. The van der Waals surface area contributed by atoms with Crippen molar-refractivity contribution in [1.82, 2.24) is 16.0 Å². The van der Waals surface area contributed by atoms with E-state index in [1.165, 1.54) is 0 Å². The number of aliphatic imine (C=N–C) groups is 1. The molecule has 0 saturated heterocycles. The van der Waals surface area contributed by atoms with Gasteiger partial charge in [0.25, 0.3) is 0 Å². The van der Waals surface area contributed by atoms with Crippen molar-refractivity contribution in [3.05, 3.63) is 0 Å². The maximum absolute atomic E-state index is 11.5. The van der Waals surface area contributed by atoms with Crippen LogP contribution in [0.1, 0.15) is 47.5 Å². The fourth-order valence-electron chi connectivity index (χ4n) is 2.07.